The van der Waals surface area contributed by atoms with Crippen LogP contribution in [0.3, 0.4) is 0 Å². The second kappa shape index (κ2) is 11.9. The number of nitrogen functional groups attached to an aromatic ring is 1. The summed E-state index contributed by atoms with van der Waals surface area (Å²) in [5.74, 6) is -3.49. The maximum Gasteiger partial charge on any atom is 0.347 e. The number of carboxylic acids is 1. The molecule has 43 heavy (non-hydrogen) atoms. The molecule has 2 aliphatic heterocycles. The number of aliphatic carboxylic acids is 1. The number of nitrogens with zero attached hydrogens (tertiary/aromatic N) is 5. The first-order chi connectivity index (χ1) is 20.3. The molecule has 2 aliphatic rings. The summed E-state index contributed by atoms with van der Waals surface area (Å²) in [6.07, 6.45) is 5.52. The number of carbonyl (C=O) groups is 4. The summed E-state index contributed by atoms with van der Waals surface area (Å²) in [6.45, 7) is 4.65. The number of amides is 2. The van der Waals surface area contributed by atoms with Gasteiger partial charge in [0, 0.05) is 17.4 Å². The first kappa shape index (κ1) is 30.3. The standard InChI is InChI=1S/C26H26ClN7O7S2/c1-26(2,3)41-15(35)11-40-31-17(16-20(27)43-25(28)30-16)21(36)29-18-22(37)34-19(24(38)39)13(12-42-23(18)34)10-33-9-8-32-7-5-4-6-14(32)33/h4-9,18,23H,10-12H2,1-3H3,(H3-,28,29,30,36,38,39)/b31-17-/t18-,23+/m1/s1. The molecule has 0 radical (unpaired) electrons. The Hall–Kier alpha value is -4.15. The van der Waals surface area contributed by atoms with Crippen LogP contribution in [0.2, 0.25) is 4.34 Å². The van der Waals surface area contributed by atoms with Crippen molar-refractivity contribution in [2.24, 2.45) is 5.16 Å². The number of halogens is 1. The molecule has 0 bridgehead atoms. The Labute approximate surface area is 258 Å². The number of oxime groups is 1. The van der Waals surface area contributed by atoms with Gasteiger partial charge in [-0.1, -0.05) is 34.2 Å². The summed E-state index contributed by atoms with van der Waals surface area (Å²) >= 11 is 8.39. The summed E-state index contributed by atoms with van der Waals surface area (Å²) in [7, 11) is 0. The summed E-state index contributed by atoms with van der Waals surface area (Å²) < 4.78 is 8.95. The largest absolute Gasteiger partial charge is 0.543 e. The third kappa shape index (κ3) is 6.30. The number of fused-ring (bicyclic) bond motifs is 2. The normalized spacial score (nSPS) is 18.7. The van der Waals surface area contributed by atoms with E-state index in [1.807, 2.05) is 45.8 Å². The number of thioether (sulfide) groups is 1. The number of β-lactam (4-membered cyclic amide) rings is 1. The summed E-state index contributed by atoms with van der Waals surface area (Å²) in [4.78, 5) is 61.1. The van der Waals surface area contributed by atoms with Crippen molar-refractivity contribution in [1.82, 2.24) is 19.8 Å². The topological polar surface area (TPSA) is 185 Å². The Balaban J connectivity index is 1.34. The molecule has 17 heteroatoms. The Morgan fingerprint density at radius 1 is 1.30 bits per heavy atom. The molecule has 1 fully saturated rings. The number of nitrogens with two attached hydrogens (primary N) is 1. The number of pyridine rings is 1. The van der Waals surface area contributed by atoms with E-state index in [-0.39, 0.29) is 33.2 Å². The van der Waals surface area contributed by atoms with Gasteiger partial charge in [-0.05, 0) is 26.8 Å². The minimum atomic E-state index is -1.50. The number of thiazole rings is 1. The van der Waals surface area contributed by atoms with E-state index in [1.165, 1.54) is 11.8 Å². The predicted molar refractivity (Wildman–Crippen MR) is 155 cm³/mol. The highest BCUT2D eigenvalue weighted by atomic mass is 35.5. The zero-order chi connectivity index (χ0) is 31.1. The van der Waals surface area contributed by atoms with Gasteiger partial charge >= 0.3 is 5.97 Å². The molecule has 226 valence electrons. The Kier molecular flexibility index (Phi) is 8.36. The lowest BCUT2D eigenvalue weighted by molar-refractivity contribution is -0.510. The van der Waals surface area contributed by atoms with Crippen LogP contribution in [0.25, 0.3) is 5.65 Å². The molecule has 5 rings (SSSR count). The summed E-state index contributed by atoms with van der Waals surface area (Å²) in [6, 6.07) is 4.53. The minimum absolute atomic E-state index is 0.0309. The highest BCUT2D eigenvalue weighted by Crippen LogP contribution is 2.40. The third-order valence-electron chi connectivity index (χ3n) is 6.26. The second-order valence-corrected chi connectivity index (χ2v) is 13.2. The predicted octanol–water partition coefficient (Wildman–Crippen LogP) is 0.0854. The number of hydrogen-bond acceptors (Lipinski definition) is 12. The van der Waals surface area contributed by atoms with Crippen LogP contribution in [0.5, 0.6) is 0 Å². The Morgan fingerprint density at radius 3 is 2.74 bits per heavy atom. The van der Waals surface area contributed by atoms with Crippen LogP contribution >= 0.6 is 34.7 Å². The molecule has 0 spiro atoms. The fourth-order valence-electron chi connectivity index (χ4n) is 4.56. The van der Waals surface area contributed by atoms with Crippen molar-refractivity contribution in [2.75, 3.05) is 18.1 Å². The van der Waals surface area contributed by atoms with Crippen molar-refractivity contribution in [2.45, 2.75) is 44.3 Å². The molecule has 5 heterocycles. The number of hydrogen-bond donors (Lipinski definition) is 2. The SMILES string of the molecule is CC(C)(C)OC(=O)CO/N=C(\C(=O)N[C@@H]1C(=O)N2C(C(=O)[O-])=C(Cn3cc[n+]4ccccc34)CS[C@@H]12)c1nc(N)sc1Cl. The van der Waals surface area contributed by atoms with Gasteiger partial charge in [0.15, 0.2) is 10.8 Å². The maximum absolute atomic E-state index is 13.3. The summed E-state index contributed by atoms with van der Waals surface area (Å²) in [5.41, 5.74) is 5.52. The zero-order valence-electron chi connectivity index (χ0n) is 23.1. The smallest absolute Gasteiger partial charge is 0.347 e. The number of ether oxygens (including phenoxy) is 1. The van der Waals surface area contributed by atoms with Crippen LogP contribution in [0, 0.1) is 0 Å². The van der Waals surface area contributed by atoms with Crippen LogP contribution in [-0.2, 0) is 35.3 Å². The number of nitrogens with one attached hydrogen (secondary N) is 1. The molecular formula is C26H26ClN7O7S2. The number of anilines is 1. The van der Waals surface area contributed by atoms with Crippen molar-refractivity contribution in [3.63, 3.8) is 0 Å². The Morgan fingerprint density at radius 2 is 2.07 bits per heavy atom. The maximum atomic E-state index is 13.3. The van der Waals surface area contributed by atoms with E-state index >= 15 is 0 Å². The quantitative estimate of drug-likeness (QED) is 0.106. The molecule has 0 aromatic carbocycles. The van der Waals surface area contributed by atoms with E-state index in [4.69, 9.17) is 26.9 Å². The first-order valence-electron chi connectivity index (χ1n) is 12.8. The number of rotatable bonds is 9. The lowest BCUT2D eigenvalue weighted by Crippen LogP contribution is -2.71. The molecule has 14 nitrogen and oxygen atoms in total. The van der Waals surface area contributed by atoms with Gasteiger partial charge in [0.2, 0.25) is 6.61 Å². The molecule has 3 aromatic rings. The molecule has 2 amide bonds. The van der Waals surface area contributed by atoms with Gasteiger partial charge in [0.25, 0.3) is 17.5 Å². The van der Waals surface area contributed by atoms with Gasteiger partial charge in [0.1, 0.15) is 46.0 Å². The fraction of sp³-hybridized carbons (Fsp3) is 0.346. The molecule has 1 saturated heterocycles. The van der Waals surface area contributed by atoms with E-state index in [0.29, 0.717) is 5.57 Å². The number of carboxylic acid groups (broad SMARTS) is 1. The van der Waals surface area contributed by atoms with Crippen LogP contribution in [0.15, 0.2) is 53.2 Å². The molecule has 0 aliphatic carbocycles. The van der Waals surface area contributed by atoms with Gasteiger partial charge in [-0.2, -0.15) is 0 Å². The lowest BCUT2D eigenvalue weighted by Gasteiger charge is -2.50. The van der Waals surface area contributed by atoms with Crippen molar-refractivity contribution in [1.29, 1.82) is 0 Å². The van der Waals surface area contributed by atoms with Crippen molar-refractivity contribution in [3.05, 3.63) is 58.1 Å². The number of aromatic nitrogens is 3. The van der Waals surface area contributed by atoms with E-state index in [2.05, 4.69) is 15.5 Å². The Bertz CT molecular complexity index is 1690. The van der Waals surface area contributed by atoms with E-state index < -0.39 is 53.1 Å². The fourth-order valence-corrected chi connectivity index (χ4v) is 6.83. The molecule has 3 aromatic heterocycles. The summed E-state index contributed by atoms with van der Waals surface area (Å²) in [5, 5.41) is 17.9. The molecule has 3 N–H and O–H groups in total. The van der Waals surface area contributed by atoms with Gasteiger partial charge in [-0.25, -0.2) is 18.7 Å². The van der Waals surface area contributed by atoms with Crippen LogP contribution < -0.4 is 20.6 Å². The monoisotopic (exact) mass is 647 g/mol. The van der Waals surface area contributed by atoms with Crippen molar-refractivity contribution >= 4 is 74.9 Å². The number of esters is 1. The van der Waals surface area contributed by atoms with Gasteiger partial charge in [0.05, 0.1) is 17.9 Å². The first-order valence-corrected chi connectivity index (χ1v) is 15.1. The van der Waals surface area contributed by atoms with Crippen molar-refractivity contribution in [3.8, 4) is 0 Å². The van der Waals surface area contributed by atoms with E-state index in [0.717, 1.165) is 21.9 Å². The molecule has 0 unspecified atom stereocenters. The highest BCUT2D eigenvalue weighted by Gasteiger charge is 2.53. The highest BCUT2D eigenvalue weighted by molar-refractivity contribution is 8.00. The average molecular weight is 648 g/mol. The van der Waals surface area contributed by atoms with Crippen LogP contribution in [0.1, 0.15) is 26.5 Å². The number of imidazole rings is 1. The molecule has 0 saturated carbocycles. The van der Waals surface area contributed by atoms with Crippen LogP contribution in [-0.4, -0.2) is 73.3 Å². The number of carbonyl (C=O) groups excluding carboxylic acids is 4. The average Bonchev–Trinajstić information content (AvgIpc) is 3.49. The molecular weight excluding hydrogens is 622 g/mol. The minimum Gasteiger partial charge on any atom is -0.543 e. The van der Waals surface area contributed by atoms with Gasteiger partial charge in [-0.3, -0.25) is 14.5 Å². The third-order valence-corrected chi connectivity index (χ3v) is 8.68. The van der Waals surface area contributed by atoms with E-state index in [9.17, 15) is 24.3 Å². The van der Waals surface area contributed by atoms with Crippen LogP contribution in [0.4, 0.5) is 5.13 Å². The van der Waals surface area contributed by atoms with Gasteiger partial charge in [-0.15, -0.1) is 11.8 Å². The van der Waals surface area contributed by atoms with E-state index in [1.54, 1.807) is 20.8 Å². The molecule has 2 atom stereocenters. The lowest BCUT2D eigenvalue weighted by atomic mass is 10.0. The van der Waals surface area contributed by atoms with Crippen molar-refractivity contribution < 1.29 is 38.3 Å². The second-order valence-electron chi connectivity index (χ2n) is 10.5. The zero-order valence-corrected chi connectivity index (χ0v) is 25.5. The van der Waals surface area contributed by atoms with Gasteiger partial charge < -0.3 is 30.5 Å².